The Morgan fingerprint density at radius 2 is 1.44 bits per heavy atom. The topological polar surface area (TPSA) is 136 Å². The van der Waals surface area contributed by atoms with E-state index in [9.17, 15) is 30.0 Å². The van der Waals surface area contributed by atoms with Crippen LogP contribution < -0.4 is 5.48 Å². The Labute approximate surface area is 154 Å². The summed E-state index contributed by atoms with van der Waals surface area (Å²) in [5.74, 6) is -2.85. The van der Waals surface area contributed by atoms with Crippen LogP contribution in [0, 0.1) is 0 Å². The Kier molecular flexibility index (Phi) is 6.27. The van der Waals surface area contributed by atoms with Gasteiger partial charge in [-0.3, -0.25) is 4.79 Å². The number of phenols is 4. The molecule has 0 aromatic heterocycles. The van der Waals surface area contributed by atoms with E-state index in [1.54, 1.807) is 6.92 Å². The molecule has 5 N–H and O–H groups in total. The molecule has 0 aliphatic heterocycles. The molecule has 2 aromatic carbocycles. The third kappa shape index (κ3) is 5.15. The number of hydroxylamine groups is 1. The summed E-state index contributed by atoms with van der Waals surface area (Å²) in [7, 11) is 0. The molecule has 0 aliphatic carbocycles. The quantitative estimate of drug-likeness (QED) is 0.308. The minimum atomic E-state index is -0.755. The summed E-state index contributed by atoms with van der Waals surface area (Å²) in [5, 5.41) is 38.4. The molecule has 2 aromatic rings. The number of phenolic OH excluding ortho intramolecular Hbond substituents is 4. The summed E-state index contributed by atoms with van der Waals surface area (Å²) in [6.07, 6.45) is 1.81. The summed E-state index contributed by atoms with van der Waals surface area (Å²) in [6.45, 7) is 1.79. The number of amides is 1. The summed E-state index contributed by atoms with van der Waals surface area (Å²) < 4.78 is 0. The Morgan fingerprint density at radius 1 is 0.926 bits per heavy atom. The van der Waals surface area contributed by atoms with E-state index in [-0.39, 0.29) is 23.5 Å². The lowest BCUT2D eigenvalue weighted by atomic mass is 9.96. The van der Waals surface area contributed by atoms with Gasteiger partial charge in [0.1, 0.15) is 0 Å². The van der Waals surface area contributed by atoms with Gasteiger partial charge in [0.05, 0.1) is 0 Å². The van der Waals surface area contributed by atoms with E-state index >= 15 is 0 Å². The van der Waals surface area contributed by atoms with Gasteiger partial charge < -0.3 is 25.3 Å². The predicted octanol–water partition coefficient (Wildman–Crippen LogP) is 2.32. The molecule has 0 radical (unpaired) electrons. The van der Waals surface area contributed by atoms with Crippen molar-refractivity contribution in [3.63, 3.8) is 0 Å². The van der Waals surface area contributed by atoms with Gasteiger partial charge in [-0.05, 0) is 47.4 Å². The van der Waals surface area contributed by atoms with E-state index in [1.165, 1.54) is 36.4 Å². The zero-order valence-electron chi connectivity index (χ0n) is 14.5. The molecule has 2 rings (SSSR count). The fourth-order valence-electron chi connectivity index (χ4n) is 2.24. The molecule has 0 unspecified atom stereocenters. The number of nitrogens with one attached hydrogen (secondary N) is 1. The Balaban J connectivity index is 2.39. The highest BCUT2D eigenvalue weighted by atomic mass is 16.7. The van der Waals surface area contributed by atoms with Crippen molar-refractivity contribution < 1.29 is 34.9 Å². The van der Waals surface area contributed by atoms with Crippen LogP contribution in [0.3, 0.4) is 0 Å². The lowest BCUT2D eigenvalue weighted by Gasteiger charge is -2.11. The number of carbonyl (C=O) groups excluding carboxylic acids is 2. The van der Waals surface area contributed by atoms with Gasteiger partial charge in [-0.1, -0.05) is 19.1 Å². The largest absolute Gasteiger partial charge is 0.504 e. The highest BCUT2D eigenvalue weighted by Gasteiger charge is 2.13. The Hall–Kier alpha value is -3.68. The van der Waals surface area contributed by atoms with Crippen LogP contribution in [-0.2, 0) is 14.4 Å². The number of carbonyl (C=O) groups is 2. The van der Waals surface area contributed by atoms with Crippen molar-refractivity contribution in [3.8, 4) is 23.0 Å². The fraction of sp³-hybridized carbons (Fsp3) is 0.158. The van der Waals surface area contributed by atoms with Crippen LogP contribution >= 0.6 is 0 Å². The molecule has 27 heavy (non-hydrogen) atoms. The third-order valence-electron chi connectivity index (χ3n) is 3.57. The number of rotatable bonds is 5. The summed E-state index contributed by atoms with van der Waals surface area (Å²) in [4.78, 5) is 28.1. The second-order valence-electron chi connectivity index (χ2n) is 5.66. The van der Waals surface area contributed by atoms with Crippen molar-refractivity contribution in [2.75, 3.05) is 0 Å². The molecule has 0 saturated heterocycles. The van der Waals surface area contributed by atoms with Crippen LogP contribution in [0.15, 0.2) is 42.5 Å². The predicted molar refractivity (Wildman–Crippen MR) is 95.8 cm³/mol. The molecule has 0 aliphatic rings. The smallest absolute Gasteiger partial charge is 0.332 e. The highest BCUT2D eigenvalue weighted by Crippen LogP contribution is 2.34. The van der Waals surface area contributed by atoms with Crippen LogP contribution in [0.2, 0.25) is 0 Å². The summed E-state index contributed by atoms with van der Waals surface area (Å²) in [6, 6.07) is 7.81. The van der Waals surface area contributed by atoms with Crippen molar-refractivity contribution in [2.24, 2.45) is 0 Å². The van der Waals surface area contributed by atoms with Crippen LogP contribution in [0.4, 0.5) is 0 Å². The van der Waals surface area contributed by atoms with E-state index < -0.39 is 23.4 Å². The lowest BCUT2D eigenvalue weighted by molar-refractivity contribution is -0.156. The van der Waals surface area contributed by atoms with E-state index in [1.807, 2.05) is 5.48 Å². The van der Waals surface area contributed by atoms with E-state index in [0.717, 1.165) is 6.08 Å². The SMILES string of the molecule is CCCC(=O)ONC(=O)C=C(c1ccc(O)c(O)c1)c1ccc(O)c(O)c1. The molecule has 8 heteroatoms. The van der Waals surface area contributed by atoms with Gasteiger partial charge in [-0.25, -0.2) is 4.79 Å². The van der Waals surface area contributed by atoms with Crippen molar-refractivity contribution in [2.45, 2.75) is 19.8 Å². The maximum Gasteiger partial charge on any atom is 0.332 e. The van der Waals surface area contributed by atoms with Gasteiger partial charge in [0.2, 0.25) is 0 Å². The first-order valence-corrected chi connectivity index (χ1v) is 8.08. The van der Waals surface area contributed by atoms with E-state index in [4.69, 9.17) is 0 Å². The fourth-order valence-corrected chi connectivity index (χ4v) is 2.24. The molecule has 0 heterocycles. The second kappa shape index (κ2) is 8.61. The normalized spacial score (nSPS) is 10.1. The minimum absolute atomic E-state index is 0.147. The van der Waals surface area contributed by atoms with Crippen LogP contribution in [0.25, 0.3) is 5.57 Å². The van der Waals surface area contributed by atoms with E-state index in [2.05, 4.69) is 4.84 Å². The first-order valence-electron chi connectivity index (χ1n) is 8.08. The maximum atomic E-state index is 12.1. The monoisotopic (exact) mass is 373 g/mol. The zero-order valence-corrected chi connectivity index (χ0v) is 14.5. The first-order chi connectivity index (χ1) is 12.8. The van der Waals surface area contributed by atoms with Gasteiger partial charge in [0.15, 0.2) is 23.0 Å². The average Bonchev–Trinajstić information content (AvgIpc) is 2.63. The molecule has 0 bridgehead atoms. The lowest BCUT2D eigenvalue weighted by Crippen LogP contribution is -2.25. The summed E-state index contributed by atoms with van der Waals surface area (Å²) in [5.41, 5.74) is 2.92. The Bertz CT molecular complexity index is 836. The highest BCUT2D eigenvalue weighted by molar-refractivity contribution is 5.99. The number of hydrogen-bond donors (Lipinski definition) is 5. The molecule has 1 amide bonds. The van der Waals surface area contributed by atoms with Crippen molar-refractivity contribution >= 4 is 17.4 Å². The third-order valence-corrected chi connectivity index (χ3v) is 3.57. The molecule has 0 fully saturated rings. The van der Waals surface area contributed by atoms with Crippen molar-refractivity contribution in [3.05, 3.63) is 53.6 Å². The molecular weight excluding hydrogens is 354 g/mol. The number of aromatic hydroxyl groups is 4. The van der Waals surface area contributed by atoms with Gasteiger partial charge >= 0.3 is 5.97 Å². The first kappa shape index (κ1) is 19.6. The molecule has 8 nitrogen and oxygen atoms in total. The van der Waals surface area contributed by atoms with Crippen LogP contribution in [0.5, 0.6) is 23.0 Å². The van der Waals surface area contributed by atoms with Crippen LogP contribution in [0.1, 0.15) is 30.9 Å². The molecule has 0 atom stereocenters. The molecule has 142 valence electrons. The molecular formula is C19H19NO7. The van der Waals surface area contributed by atoms with Crippen LogP contribution in [-0.4, -0.2) is 32.3 Å². The number of hydrogen-bond acceptors (Lipinski definition) is 7. The van der Waals surface area contributed by atoms with Gasteiger partial charge in [0.25, 0.3) is 5.91 Å². The minimum Gasteiger partial charge on any atom is -0.504 e. The average molecular weight is 373 g/mol. The van der Waals surface area contributed by atoms with Gasteiger partial charge in [-0.2, -0.15) is 5.48 Å². The second-order valence-corrected chi connectivity index (χ2v) is 5.66. The Morgan fingerprint density at radius 3 is 1.89 bits per heavy atom. The zero-order chi connectivity index (χ0) is 20.0. The summed E-state index contributed by atoms with van der Waals surface area (Å²) >= 11 is 0. The van der Waals surface area contributed by atoms with Crippen molar-refractivity contribution in [1.29, 1.82) is 0 Å². The van der Waals surface area contributed by atoms with Gasteiger partial charge in [0, 0.05) is 12.5 Å². The maximum absolute atomic E-state index is 12.1. The number of benzene rings is 2. The molecule has 0 spiro atoms. The molecule has 0 saturated carbocycles. The van der Waals surface area contributed by atoms with Gasteiger partial charge in [-0.15, -0.1) is 0 Å². The standard InChI is InChI=1S/C19H19NO7/c1-2-3-19(26)27-20-18(25)10-13(11-4-6-14(21)16(23)8-11)12-5-7-15(22)17(24)9-12/h4-10,21-24H,2-3H2,1H3,(H,20,25). The van der Waals surface area contributed by atoms with E-state index in [0.29, 0.717) is 17.5 Å². The van der Waals surface area contributed by atoms with Crippen molar-refractivity contribution in [1.82, 2.24) is 5.48 Å².